The maximum absolute atomic E-state index is 14.6. The van der Waals surface area contributed by atoms with Crippen LogP contribution >= 0.6 is 11.3 Å². The fourth-order valence-electron chi connectivity index (χ4n) is 4.37. The van der Waals surface area contributed by atoms with Crippen LogP contribution in [0.3, 0.4) is 0 Å². The van der Waals surface area contributed by atoms with Crippen LogP contribution in [0, 0.1) is 12.8 Å². The summed E-state index contributed by atoms with van der Waals surface area (Å²) in [6, 6.07) is 8.33. The maximum atomic E-state index is 14.6. The monoisotopic (exact) mass is 541 g/mol. The van der Waals surface area contributed by atoms with Crippen LogP contribution in [-0.4, -0.2) is 57.9 Å². The molecule has 0 unspecified atom stereocenters. The SMILES string of the molecule is COc1nc(NC[C@@H]2[C@H](C)CC(F)(F)CN2C(=O)c2nc(C)sc2-c2ccccc2)ncc1C(F)(F)F. The number of aromatic nitrogens is 3. The van der Waals surface area contributed by atoms with E-state index in [0.29, 0.717) is 16.1 Å². The Bertz CT molecular complexity index is 1270. The number of alkyl halides is 5. The van der Waals surface area contributed by atoms with Gasteiger partial charge in [-0.3, -0.25) is 4.79 Å². The summed E-state index contributed by atoms with van der Waals surface area (Å²) in [6.07, 6.45) is -4.58. The summed E-state index contributed by atoms with van der Waals surface area (Å²) < 4.78 is 73.4. The number of methoxy groups -OCH3 is 1. The van der Waals surface area contributed by atoms with Crippen LogP contribution < -0.4 is 10.1 Å². The van der Waals surface area contributed by atoms with Gasteiger partial charge in [0.15, 0.2) is 0 Å². The highest BCUT2D eigenvalue weighted by molar-refractivity contribution is 7.15. The average molecular weight is 542 g/mol. The predicted molar refractivity (Wildman–Crippen MR) is 128 cm³/mol. The minimum atomic E-state index is -4.71. The molecule has 4 rings (SSSR count). The molecule has 0 bridgehead atoms. The standard InChI is InChI=1S/C24H24F5N5O2S/c1-13-9-23(25,26)12-34(21(35)18-19(37-14(2)32-18)15-7-5-4-6-8-15)17(13)11-31-22-30-10-16(24(27,28)29)20(33-22)36-3/h4-8,10,13,17H,9,11-12H2,1-3H3,(H,30,31,33)/t13-,17-/m1/s1. The van der Waals surface area contributed by atoms with Crippen molar-refractivity contribution in [2.24, 2.45) is 5.92 Å². The molecule has 0 spiro atoms. The molecule has 1 fully saturated rings. The van der Waals surface area contributed by atoms with Crippen molar-refractivity contribution < 1.29 is 31.5 Å². The number of carbonyl (C=O) groups excluding carboxylic acids is 1. The van der Waals surface area contributed by atoms with Gasteiger partial charge >= 0.3 is 6.18 Å². The van der Waals surface area contributed by atoms with Gasteiger partial charge in [0.2, 0.25) is 11.8 Å². The first-order chi connectivity index (χ1) is 17.4. The van der Waals surface area contributed by atoms with Gasteiger partial charge in [0.1, 0.15) is 11.3 Å². The fraction of sp³-hybridized carbons (Fsp3) is 0.417. The molecule has 7 nitrogen and oxygen atoms in total. The van der Waals surface area contributed by atoms with E-state index in [2.05, 4.69) is 20.3 Å². The van der Waals surface area contributed by atoms with E-state index < -0.39 is 54.4 Å². The summed E-state index contributed by atoms with van der Waals surface area (Å²) in [5.41, 5.74) is -0.320. The normalized spacial score (nSPS) is 19.5. The second-order valence-corrected chi connectivity index (χ2v) is 10.0. The highest BCUT2D eigenvalue weighted by Crippen LogP contribution is 2.38. The second kappa shape index (κ2) is 10.2. The molecule has 1 saturated heterocycles. The zero-order chi connectivity index (χ0) is 27.0. The molecule has 0 radical (unpaired) electrons. The molecule has 1 N–H and O–H groups in total. The van der Waals surface area contributed by atoms with Crippen LogP contribution in [0.1, 0.15) is 34.4 Å². The molecule has 3 aromatic rings. The zero-order valence-corrected chi connectivity index (χ0v) is 21.0. The number of halogens is 5. The van der Waals surface area contributed by atoms with Crippen LogP contribution in [0.5, 0.6) is 5.88 Å². The number of amides is 1. The number of nitrogens with zero attached hydrogens (tertiary/aromatic N) is 4. The first-order valence-corrected chi connectivity index (χ1v) is 12.1. The van der Waals surface area contributed by atoms with Gasteiger partial charge in [-0.1, -0.05) is 37.3 Å². The molecular weight excluding hydrogens is 517 g/mol. The second-order valence-electron chi connectivity index (χ2n) is 8.81. The lowest BCUT2D eigenvalue weighted by atomic mass is 9.88. The lowest BCUT2D eigenvalue weighted by Gasteiger charge is -2.43. The van der Waals surface area contributed by atoms with Crippen molar-refractivity contribution in [3.05, 3.63) is 52.8 Å². The van der Waals surface area contributed by atoms with Crippen molar-refractivity contribution in [1.82, 2.24) is 19.9 Å². The van der Waals surface area contributed by atoms with Gasteiger partial charge in [-0.25, -0.2) is 18.7 Å². The smallest absolute Gasteiger partial charge is 0.423 e. The Morgan fingerprint density at radius 1 is 1.24 bits per heavy atom. The van der Waals surface area contributed by atoms with E-state index in [0.717, 1.165) is 17.6 Å². The van der Waals surface area contributed by atoms with Gasteiger partial charge < -0.3 is 15.0 Å². The highest BCUT2D eigenvalue weighted by Gasteiger charge is 2.47. The number of rotatable bonds is 6. The summed E-state index contributed by atoms with van der Waals surface area (Å²) in [5, 5.41) is 3.40. The summed E-state index contributed by atoms with van der Waals surface area (Å²) in [6.45, 7) is 2.44. The van der Waals surface area contributed by atoms with E-state index in [1.807, 2.05) is 18.2 Å². The maximum Gasteiger partial charge on any atom is 0.423 e. The summed E-state index contributed by atoms with van der Waals surface area (Å²) >= 11 is 1.29. The van der Waals surface area contributed by atoms with Crippen LogP contribution in [0.4, 0.5) is 27.9 Å². The molecule has 0 saturated carbocycles. The minimum Gasteiger partial charge on any atom is -0.480 e. The van der Waals surface area contributed by atoms with Gasteiger partial charge in [-0.15, -0.1) is 11.3 Å². The first kappa shape index (κ1) is 26.7. The molecule has 1 amide bonds. The molecule has 37 heavy (non-hydrogen) atoms. The Labute approximate surface area is 213 Å². The molecule has 3 heterocycles. The molecule has 1 aromatic carbocycles. The quantitative estimate of drug-likeness (QED) is 0.413. The number of piperidine rings is 1. The number of hydrogen-bond acceptors (Lipinski definition) is 7. The van der Waals surface area contributed by atoms with Gasteiger partial charge in [-0.2, -0.15) is 18.2 Å². The molecule has 198 valence electrons. The van der Waals surface area contributed by atoms with Gasteiger partial charge in [0.25, 0.3) is 11.8 Å². The number of benzene rings is 1. The van der Waals surface area contributed by atoms with E-state index >= 15 is 0 Å². The molecule has 13 heteroatoms. The number of hydrogen-bond donors (Lipinski definition) is 1. The summed E-state index contributed by atoms with van der Waals surface area (Å²) in [7, 11) is 1.05. The highest BCUT2D eigenvalue weighted by atomic mass is 32.1. The third-order valence-corrected chi connectivity index (χ3v) is 7.05. The number of thiazole rings is 1. The number of anilines is 1. The molecular formula is C24H24F5N5O2S. The molecule has 0 aliphatic carbocycles. The van der Waals surface area contributed by atoms with E-state index in [9.17, 15) is 26.7 Å². The minimum absolute atomic E-state index is 0.0682. The van der Waals surface area contributed by atoms with Crippen molar-refractivity contribution in [3.8, 4) is 16.3 Å². The molecule has 2 atom stereocenters. The van der Waals surface area contributed by atoms with Crippen molar-refractivity contribution in [2.75, 3.05) is 25.5 Å². The Hall–Kier alpha value is -3.35. The number of aryl methyl sites for hydroxylation is 1. The predicted octanol–water partition coefficient (Wildman–Crippen LogP) is 5.53. The van der Waals surface area contributed by atoms with Gasteiger partial charge in [-0.05, 0) is 18.4 Å². The Kier molecular flexibility index (Phi) is 7.36. The topological polar surface area (TPSA) is 80.2 Å². The Balaban J connectivity index is 1.62. The van der Waals surface area contributed by atoms with E-state index in [4.69, 9.17) is 4.74 Å². The van der Waals surface area contributed by atoms with Gasteiger partial charge in [0, 0.05) is 19.2 Å². The van der Waals surface area contributed by atoms with Crippen molar-refractivity contribution in [1.29, 1.82) is 0 Å². The van der Waals surface area contributed by atoms with Gasteiger partial charge in [0.05, 0.1) is 29.6 Å². The molecule has 1 aliphatic heterocycles. The van der Waals surface area contributed by atoms with Crippen LogP contribution in [0.15, 0.2) is 36.5 Å². The molecule has 2 aromatic heterocycles. The summed E-state index contributed by atoms with van der Waals surface area (Å²) in [5.74, 6) is -5.26. The number of ether oxygens (including phenoxy) is 1. The van der Waals surface area contributed by atoms with E-state index in [1.54, 1.807) is 26.0 Å². The molecule has 1 aliphatic rings. The van der Waals surface area contributed by atoms with Crippen LogP contribution in [-0.2, 0) is 6.18 Å². The van der Waals surface area contributed by atoms with Crippen molar-refractivity contribution in [2.45, 2.75) is 38.4 Å². The third kappa shape index (κ3) is 5.81. The first-order valence-electron chi connectivity index (χ1n) is 11.3. The summed E-state index contributed by atoms with van der Waals surface area (Å²) in [4.78, 5) is 27.1. The largest absolute Gasteiger partial charge is 0.480 e. The van der Waals surface area contributed by atoms with Crippen LogP contribution in [0.25, 0.3) is 10.4 Å². The number of carbonyl (C=O) groups is 1. The van der Waals surface area contributed by atoms with Crippen molar-refractivity contribution >= 4 is 23.2 Å². The fourth-order valence-corrected chi connectivity index (χ4v) is 5.29. The Morgan fingerprint density at radius 2 is 1.95 bits per heavy atom. The van der Waals surface area contributed by atoms with E-state index in [1.165, 1.54) is 11.3 Å². The van der Waals surface area contributed by atoms with Crippen molar-refractivity contribution in [3.63, 3.8) is 0 Å². The van der Waals surface area contributed by atoms with E-state index in [-0.39, 0.29) is 18.2 Å². The lowest BCUT2D eigenvalue weighted by molar-refractivity contribution is -0.139. The average Bonchev–Trinajstić information content (AvgIpc) is 3.23. The lowest BCUT2D eigenvalue weighted by Crippen LogP contribution is -2.57. The van der Waals surface area contributed by atoms with Crippen LogP contribution in [0.2, 0.25) is 0 Å². The Morgan fingerprint density at radius 3 is 2.59 bits per heavy atom. The zero-order valence-electron chi connectivity index (χ0n) is 20.1. The number of nitrogens with one attached hydrogen (secondary N) is 1. The third-order valence-electron chi connectivity index (χ3n) is 6.03. The number of likely N-dealkylation sites (tertiary alicyclic amines) is 1.